The van der Waals surface area contributed by atoms with Crippen LogP contribution in [0.15, 0.2) is 12.3 Å². The standard InChI is InChI=1S/C9H10F3NO3/c1-15-7-2-6(4-14)3-13-8(7)16-5-9(10,11)12/h2-3,14H,4-5H2,1H3. The Bertz CT molecular complexity index is 354. The number of rotatable bonds is 4. The highest BCUT2D eigenvalue weighted by Gasteiger charge is 2.29. The van der Waals surface area contributed by atoms with Crippen molar-refractivity contribution in [2.75, 3.05) is 13.7 Å². The van der Waals surface area contributed by atoms with Crippen molar-refractivity contribution < 1.29 is 27.8 Å². The molecule has 1 aromatic heterocycles. The summed E-state index contributed by atoms with van der Waals surface area (Å²) < 4.78 is 44.9. The summed E-state index contributed by atoms with van der Waals surface area (Å²) in [6.45, 7) is -1.71. The summed E-state index contributed by atoms with van der Waals surface area (Å²) in [6.07, 6.45) is -3.21. The quantitative estimate of drug-likeness (QED) is 0.862. The normalized spacial score (nSPS) is 11.3. The fraction of sp³-hybridized carbons (Fsp3) is 0.444. The first-order valence-corrected chi connectivity index (χ1v) is 4.29. The van der Waals surface area contributed by atoms with Crippen LogP contribution in [0.5, 0.6) is 11.6 Å². The van der Waals surface area contributed by atoms with Gasteiger partial charge in [-0.15, -0.1) is 0 Å². The highest BCUT2D eigenvalue weighted by Crippen LogP contribution is 2.26. The average molecular weight is 237 g/mol. The Morgan fingerprint density at radius 2 is 2.12 bits per heavy atom. The second-order valence-corrected chi connectivity index (χ2v) is 2.91. The maximum absolute atomic E-state index is 11.9. The number of halogens is 3. The molecular formula is C9H10F3NO3. The molecule has 0 spiro atoms. The van der Waals surface area contributed by atoms with Gasteiger partial charge in [-0.3, -0.25) is 0 Å². The molecular weight excluding hydrogens is 227 g/mol. The minimum atomic E-state index is -4.43. The number of hydrogen-bond acceptors (Lipinski definition) is 4. The van der Waals surface area contributed by atoms with Crippen molar-refractivity contribution in [3.63, 3.8) is 0 Å². The summed E-state index contributed by atoms with van der Waals surface area (Å²) in [5, 5.41) is 8.79. The Morgan fingerprint density at radius 3 is 2.62 bits per heavy atom. The number of ether oxygens (including phenoxy) is 2. The van der Waals surface area contributed by atoms with Crippen LogP contribution < -0.4 is 9.47 Å². The van der Waals surface area contributed by atoms with Crippen LogP contribution in [0.3, 0.4) is 0 Å². The SMILES string of the molecule is COc1cc(CO)cnc1OCC(F)(F)F. The van der Waals surface area contributed by atoms with Crippen LogP contribution in [0.4, 0.5) is 13.2 Å². The summed E-state index contributed by atoms with van der Waals surface area (Å²) in [7, 11) is 1.28. The minimum Gasteiger partial charge on any atom is -0.491 e. The number of nitrogens with zero attached hydrogens (tertiary/aromatic N) is 1. The molecule has 0 radical (unpaired) electrons. The monoisotopic (exact) mass is 237 g/mol. The number of pyridine rings is 1. The van der Waals surface area contributed by atoms with Gasteiger partial charge in [0.05, 0.1) is 13.7 Å². The molecule has 1 rings (SSSR count). The number of aliphatic hydroxyl groups is 1. The zero-order chi connectivity index (χ0) is 12.2. The third-order valence-corrected chi connectivity index (χ3v) is 1.65. The molecule has 0 amide bonds. The molecule has 4 nitrogen and oxygen atoms in total. The van der Waals surface area contributed by atoms with Crippen LogP contribution in [0, 0.1) is 0 Å². The lowest BCUT2D eigenvalue weighted by molar-refractivity contribution is -0.154. The first kappa shape index (κ1) is 12.6. The van der Waals surface area contributed by atoms with E-state index in [1.807, 2.05) is 0 Å². The Kier molecular flexibility index (Phi) is 3.94. The van der Waals surface area contributed by atoms with E-state index in [1.165, 1.54) is 19.4 Å². The number of aliphatic hydroxyl groups excluding tert-OH is 1. The molecule has 0 fully saturated rings. The molecule has 1 heterocycles. The van der Waals surface area contributed by atoms with Gasteiger partial charge in [0.1, 0.15) is 0 Å². The Labute approximate surface area is 89.6 Å². The average Bonchev–Trinajstić information content (AvgIpc) is 2.25. The van der Waals surface area contributed by atoms with E-state index in [1.54, 1.807) is 0 Å². The van der Waals surface area contributed by atoms with Gasteiger partial charge in [-0.2, -0.15) is 13.2 Å². The van der Waals surface area contributed by atoms with E-state index < -0.39 is 12.8 Å². The summed E-state index contributed by atoms with van der Waals surface area (Å²) in [5.41, 5.74) is 0.427. The lowest BCUT2D eigenvalue weighted by Gasteiger charge is -2.11. The Morgan fingerprint density at radius 1 is 1.44 bits per heavy atom. The van der Waals surface area contributed by atoms with Crippen molar-refractivity contribution in [1.82, 2.24) is 4.98 Å². The molecule has 1 N–H and O–H groups in total. The third kappa shape index (κ3) is 3.58. The van der Waals surface area contributed by atoms with E-state index in [0.29, 0.717) is 5.56 Å². The van der Waals surface area contributed by atoms with Crippen LogP contribution >= 0.6 is 0 Å². The van der Waals surface area contributed by atoms with Crippen LogP contribution in [0.2, 0.25) is 0 Å². The highest BCUT2D eigenvalue weighted by molar-refractivity contribution is 5.36. The number of hydrogen-bond donors (Lipinski definition) is 1. The number of aromatic nitrogens is 1. The molecule has 0 atom stereocenters. The molecule has 1 aromatic rings. The van der Waals surface area contributed by atoms with Gasteiger partial charge in [0.25, 0.3) is 5.88 Å². The molecule has 90 valence electrons. The largest absolute Gasteiger partial charge is 0.491 e. The van der Waals surface area contributed by atoms with Gasteiger partial charge in [-0.05, 0) is 11.6 Å². The van der Waals surface area contributed by atoms with Crippen LogP contribution in [-0.2, 0) is 6.61 Å². The fourth-order valence-corrected chi connectivity index (χ4v) is 0.964. The summed E-state index contributed by atoms with van der Waals surface area (Å²) in [5.74, 6) is -0.201. The van der Waals surface area contributed by atoms with Gasteiger partial charge < -0.3 is 14.6 Å². The molecule has 7 heteroatoms. The fourth-order valence-electron chi connectivity index (χ4n) is 0.964. The molecule has 16 heavy (non-hydrogen) atoms. The maximum atomic E-state index is 11.9. The minimum absolute atomic E-state index is 0.0517. The molecule has 0 saturated carbocycles. The highest BCUT2D eigenvalue weighted by atomic mass is 19.4. The molecule has 0 saturated heterocycles. The second kappa shape index (κ2) is 5.02. The van der Waals surface area contributed by atoms with Crippen LogP contribution in [-0.4, -0.2) is 30.0 Å². The van der Waals surface area contributed by atoms with Crippen LogP contribution in [0.25, 0.3) is 0 Å². The van der Waals surface area contributed by atoms with E-state index in [2.05, 4.69) is 9.72 Å². The lowest BCUT2D eigenvalue weighted by Crippen LogP contribution is -2.20. The van der Waals surface area contributed by atoms with Crippen molar-refractivity contribution in [2.45, 2.75) is 12.8 Å². The maximum Gasteiger partial charge on any atom is 0.422 e. The van der Waals surface area contributed by atoms with Gasteiger partial charge >= 0.3 is 6.18 Å². The predicted molar refractivity (Wildman–Crippen MR) is 48.3 cm³/mol. The van der Waals surface area contributed by atoms with Crippen molar-refractivity contribution in [1.29, 1.82) is 0 Å². The summed E-state index contributed by atoms with van der Waals surface area (Å²) >= 11 is 0. The molecule has 0 aromatic carbocycles. The smallest absolute Gasteiger partial charge is 0.422 e. The van der Waals surface area contributed by atoms with E-state index in [-0.39, 0.29) is 18.2 Å². The third-order valence-electron chi connectivity index (χ3n) is 1.65. The van der Waals surface area contributed by atoms with Gasteiger partial charge in [-0.1, -0.05) is 0 Å². The zero-order valence-corrected chi connectivity index (χ0v) is 8.41. The van der Waals surface area contributed by atoms with Gasteiger partial charge in [0, 0.05) is 6.20 Å². The van der Waals surface area contributed by atoms with Crippen molar-refractivity contribution in [3.05, 3.63) is 17.8 Å². The number of methoxy groups -OCH3 is 1. The Hall–Kier alpha value is -1.50. The van der Waals surface area contributed by atoms with Crippen molar-refractivity contribution in [2.24, 2.45) is 0 Å². The lowest BCUT2D eigenvalue weighted by atomic mass is 10.3. The van der Waals surface area contributed by atoms with Crippen molar-refractivity contribution >= 4 is 0 Å². The van der Waals surface area contributed by atoms with E-state index in [4.69, 9.17) is 9.84 Å². The molecule has 0 aliphatic carbocycles. The number of alkyl halides is 3. The predicted octanol–water partition coefficient (Wildman–Crippen LogP) is 1.52. The Balaban J connectivity index is 2.79. The van der Waals surface area contributed by atoms with E-state index >= 15 is 0 Å². The topological polar surface area (TPSA) is 51.6 Å². The van der Waals surface area contributed by atoms with Gasteiger partial charge in [0.2, 0.25) is 0 Å². The van der Waals surface area contributed by atoms with Gasteiger partial charge in [0.15, 0.2) is 12.4 Å². The molecule has 0 aliphatic rings. The second-order valence-electron chi connectivity index (χ2n) is 2.91. The molecule has 0 bridgehead atoms. The van der Waals surface area contributed by atoms with E-state index in [0.717, 1.165) is 0 Å². The van der Waals surface area contributed by atoms with Crippen molar-refractivity contribution in [3.8, 4) is 11.6 Å². The summed E-state index contributed by atoms with van der Waals surface area (Å²) in [6, 6.07) is 1.36. The molecule has 0 unspecified atom stereocenters. The zero-order valence-electron chi connectivity index (χ0n) is 8.41. The van der Waals surface area contributed by atoms with E-state index in [9.17, 15) is 13.2 Å². The molecule has 0 aliphatic heterocycles. The van der Waals surface area contributed by atoms with Crippen LogP contribution in [0.1, 0.15) is 5.56 Å². The van der Waals surface area contributed by atoms with Gasteiger partial charge in [-0.25, -0.2) is 4.98 Å². The first-order chi connectivity index (χ1) is 7.46. The first-order valence-electron chi connectivity index (χ1n) is 4.29. The summed E-state index contributed by atoms with van der Waals surface area (Å²) in [4.78, 5) is 3.62.